The van der Waals surface area contributed by atoms with E-state index < -0.39 is 5.66 Å². The molecule has 0 amide bonds. The average molecular weight is 355 g/mol. The zero-order valence-corrected chi connectivity index (χ0v) is 14.6. The second-order valence-corrected chi connectivity index (χ2v) is 6.11. The Balaban J connectivity index is 2.08. The van der Waals surface area contributed by atoms with Crippen LogP contribution in [0.5, 0.6) is 0 Å². The molecule has 1 unspecified atom stereocenters. The molecule has 1 aliphatic rings. The molecule has 0 bridgehead atoms. The molecule has 0 aromatic heterocycles. The maximum absolute atomic E-state index is 12.7. The first-order valence-corrected chi connectivity index (χ1v) is 8.31. The van der Waals surface area contributed by atoms with Crippen LogP contribution in [0.3, 0.4) is 0 Å². The van der Waals surface area contributed by atoms with Crippen LogP contribution in [0.15, 0.2) is 79.0 Å². The van der Waals surface area contributed by atoms with E-state index in [1.54, 1.807) is 12.3 Å². The average Bonchev–Trinajstić information content (AvgIpc) is 2.67. The molecule has 0 fully saturated rings. The Morgan fingerprint density at radius 1 is 1.12 bits per heavy atom. The van der Waals surface area contributed by atoms with Gasteiger partial charge in [-0.3, -0.25) is 0 Å². The standard InChI is InChI=1S/C20H19ClN2O2/c1-25-19(24)20(13-5-6-14-22-20)23(15-16-7-3-2-4-8-16)18-11-9-17(21)10-12-18/h2-14,22H,15H2,1H3. The monoisotopic (exact) mass is 354 g/mol. The maximum Gasteiger partial charge on any atom is 0.357 e. The molecular weight excluding hydrogens is 336 g/mol. The molecule has 5 heteroatoms. The highest BCUT2D eigenvalue weighted by Crippen LogP contribution is 2.30. The van der Waals surface area contributed by atoms with Gasteiger partial charge in [0.25, 0.3) is 0 Å². The van der Waals surface area contributed by atoms with Crippen LogP contribution >= 0.6 is 11.6 Å². The van der Waals surface area contributed by atoms with Gasteiger partial charge in [-0.1, -0.05) is 48.0 Å². The van der Waals surface area contributed by atoms with Crippen molar-refractivity contribution in [2.75, 3.05) is 12.0 Å². The SMILES string of the molecule is COC(=O)C1(N(Cc2ccccc2)c2ccc(Cl)cc2)C=CC=CN1. The van der Waals surface area contributed by atoms with E-state index in [4.69, 9.17) is 16.3 Å². The zero-order valence-electron chi connectivity index (χ0n) is 13.9. The summed E-state index contributed by atoms with van der Waals surface area (Å²) >= 11 is 6.04. The number of ether oxygens (including phenoxy) is 1. The summed E-state index contributed by atoms with van der Waals surface area (Å²) in [7, 11) is 1.39. The highest BCUT2D eigenvalue weighted by atomic mass is 35.5. The fraction of sp³-hybridized carbons (Fsp3) is 0.150. The van der Waals surface area contributed by atoms with E-state index in [1.165, 1.54) is 7.11 Å². The van der Waals surface area contributed by atoms with E-state index in [9.17, 15) is 4.79 Å². The molecule has 0 aliphatic carbocycles. The summed E-state index contributed by atoms with van der Waals surface area (Å²) in [5, 5.41) is 3.81. The van der Waals surface area contributed by atoms with Gasteiger partial charge in [0.15, 0.2) is 0 Å². The normalized spacial score (nSPS) is 18.5. The number of halogens is 1. The van der Waals surface area contributed by atoms with Crippen LogP contribution in [0.25, 0.3) is 0 Å². The van der Waals surface area contributed by atoms with Crippen molar-refractivity contribution >= 4 is 23.3 Å². The fourth-order valence-corrected chi connectivity index (χ4v) is 2.97. The number of allylic oxidation sites excluding steroid dienone is 2. The molecule has 4 nitrogen and oxygen atoms in total. The van der Waals surface area contributed by atoms with Gasteiger partial charge >= 0.3 is 5.97 Å². The Morgan fingerprint density at radius 2 is 1.84 bits per heavy atom. The van der Waals surface area contributed by atoms with Gasteiger partial charge in [0.2, 0.25) is 5.66 Å². The van der Waals surface area contributed by atoms with E-state index in [2.05, 4.69) is 5.32 Å². The molecular formula is C20H19ClN2O2. The number of esters is 1. The zero-order chi connectivity index (χ0) is 17.7. The highest BCUT2D eigenvalue weighted by Gasteiger charge is 2.43. The quantitative estimate of drug-likeness (QED) is 0.827. The van der Waals surface area contributed by atoms with Gasteiger partial charge < -0.3 is 15.0 Å². The predicted octanol–water partition coefficient (Wildman–Crippen LogP) is 3.89. The first kappa shape index (κ1) is 17.1. The Hall–Kier alpha value is -2.72. The summed E-state index contributed by atoms with van der Waals surface area (Å²) in [6.07, 6.45) is 7.21. The number of benzene rings is 2. The third kappa shape index (κ3) is 3.54. The molecule has 0 spiro atoms. The number of anilines is 1. The van der Waals surface area contributed by atoms with Crippen LogP contribution in [-0.4, -0.2) is 18.7 Å². The van der Waals surface area contributed by atoms with Crippen molar-refractivity contribution in [1.82, 2.24) is 5.32 Å². The van der Waals surface area contributed by atoms with E-state index >= 15 is 0 Å². The number of carbonyl (C=O) groups is 1. The summed E-state index contributed by atoms with van der Waals surface area (Å²) in [5.74, 6) is -0.390. The van der Waals surface area contributed by atoms with Crippen LogP contribution in [0.1, 0.15) is 5.56 Å². The van der Waals surface area contributed by atoms with Gasteiger partial charge in [-0.2, -0.15) is 0 Å². The van der Waals surface area contributed by atoms with Crippen molar-refractivity contribution in [2.24, 2.45) is 0 Å². The van der Waals surface area contributed by atoms with Gasteiger partial charge in [-0.15, -0.1) is 0 Å². The number of carbonyl (C=O) groups excluding carboxylic acids is 1. The Kier molecular flexibility index (Phi) is 5.10. The highest BCUT2D eigenvalue weighted by molar-refractivity contribution is 6.30. The van der Waals surface area contributed by atoms with E-state index in [-0.39, 0.29) is 5.97 Å². The number of hydrogen-bond acceptors (Lipinski definition) is 4. The lowest BCUT2D eigenvalue weighted by molar-refractivity contribution is -0.146. The molecule has 0 radical (unpaired) electrons. The number of nitrogens with one attached hydrogen (secondary N) is 1. The molecule has 1 aliphatic heterocycles. The molecule has 2 aromatic rings. The minimum absolute atomic E-state index is 0.390. The van der Waals surface area contributed by atoms with Crippen molar-refractivity contribution in [3.63, 3.8) is 0 Å². The summed E-state index contributed by atoms with van der Waals surface area (Å²) in [5.41, 5.74) is 0.796. The first-order chi connectivity index (χ1) is 12.2. The Labute approximate surface area is 152 Å². The molecule has 0 saturated heterocycles. The lowest BCUT2D eigenvalue weighted by atomic mass is 10.0. The number of methoxy groups -OCH3 is 1. The van der Waals surface area contributed by atoms with Crippen molar-refractivity contribution in [3.05, 3.63) is 89.6 Å². The van der Waals surface area contributed by atoms with E-state index in [1.807, 2.05) is 71.6 Å². The van der Waals surface area contributed by atoms with Gasteiger partial charge in [-0.25, -0.2) is 4.79 Å². The second kappa shape index (κ2) is 7.45. The van der Waals surface area contributed by atoms with Gasteiger partial charge in [0.05, 0.1) is 7.11 Å². The van der Waals surface area contributed by atoms with Gasteiger partial charge in [0.1, 0.15) is 0 Å². The van der Waals surface area contributed by atoms with Crippen molar-refractivity contribution in [1.29, 1.82) is 0 Å². The Bertz CT molecular complexity index is 787. The third-order valence-electron chi connectivity index (χ3n) is 4.09. The summed E-state index contributed by atoms with van der Waals surface area (Å²) in [6, 6.07) is 17.4. The van der Waals surface area contributed by atoms with Crippen molar-refractivity contribution in [3.8, 4) is 0 Å². The summed E-state index contributed by atoms with van der Waals surface area (Å²) in [6.45, 7) is 0.517. The first-order valence-electron chi connectivity index (χ1n) is 7.93. The molecule has 25 heavy (non-hydrogen) atoms. The van der Waals surface area contributed by atoms with Crippen LogP contribution in [0.4, 0.5) is 5.69 Å². The second-order valence-electron chi connectivity index (χ2n) is 5.67. The molecule has 2 aromatic carbocycles. The lowest BCUT2D eigenvalue weighted by Gasteiger charge is -2.42. The predicted molar refractivity (Wildman–Crippen MR) is 100 cm³/mol. The van der Waals surface area contributed by atoms with Crippen molar-refractivity contribution < 1.29 is 9.53 Å². The van der Waals surface area contributed by atoms with E-state index in [0.29, 0.717) is 11.6 Å². The molecule has 1 atom stereocenters. The molecule has 0 saturated carbocycles. The van der Waals surface area contributed by atoms with E-state index in [0.717, 1.165) is 11.3 Å². The summed E-state index contributed by atoms with van der Waals surface area (Å²) < 4.78 is 5.10. The topological polar surface area (TPSA) is 41.6 Å². The van der Waals surface area contributed by atoms with Crippen molar-refractivity contribution in [2.45, 2.75) is 12.2 Å². The largest absolute Gasteiger partial charge is 0.466 e. The maximum atomic E-state index is 12.7. The van der Waals surface area contributed by atoms with Crippen LogP contribution in [0, 0.1) is 0 Å². The number of rotatable bonds is 5. The lowest BCUT2D eigenvalue weighted by Crippen LogP contribution is -2.62. The smallest absolute Gasteiger partial charge is 0.357 e. The molecule has 128 valence electrons. The number of hydrogen-bond donors (Lipinski definition) is 1. The minimum atomic E-state index is -1.13. The van der Waals surface area contributed by atoms with Crippen LogP contribution in [-0.2, 0) is 16.1 Å². The van der Waals surface area contributed by atoms with Gasteiger partial charge in [0, 0.05) is 17.3 Å². The molecule has 1 N–H and O–H groups in total. The molecule has 1 heterocycles. The number of nitrogens with zero attached hydrogens (tertiary/aromatic N) is 1. The Morgan fingerprint density at radius 3 is 2.44 bits per heavy atom. The number of dihydropyridines is 1. The van der Waals surface area contributed by atoms with Gasteiger partial charge in [-0.05, 0) is 48.2 Å². The fourth-order valence-electron chi connectivity index (χ4n) is 2.84. The van der Waals surface area contributed by atoms with Crippen LogP contribution in [0.2, 0.25) is 5.02 Å². The summed E-state index contributed by atoms with van der Waals surface area (Å²) in [4.78, 5) is 14.7. The van der Waals surface area contributed by atoms with Crippen LogP contribution < -0.4 is 10.2 Å². The molecule has 3 rings (SSSR count). The minimum Gasteiger partial charge on any atom is -0.466 e. The third-order valence-corrected chi connectivity index (χ3v) is 4.34.